The Balaban J connectivity index is 1.89. The molecule has 1 saturated heterocycles. The Labute approximate surface area is 176 Å². The van der Waals surface area contributed by atoms with Crippen LogP contribution < -0.4 is 10.6 Å². The van der Waals surface area contributed by atoms with Crippen LogP contribution in [-0.4, -0.2) is 73.5 Å². The van der Waals surface area contributed by atoms with Gasteiger partial charge in [-0.15, -0.1) is 0 Å². The Hall–Kier alpha value is -2.08. The van der Waals surface area contributed by atoms with Gasteiger partial charge in [0.1, 0.15) is 0 Å². The second-order valence-electron chi connectivity index (χ2n) is 7.55. The number of nitrogens with one attached hydrogen (secondary N) is 2. The fourth-order valence-electron chi connectivity index (χ4n) is 3.89. The highest BCUT2D eigenvalue weighted by Gasteiger charge is 2.19. The molecule has 0 aromatic heterocycles. The molecule has 1 amide bonds. The van der Waals surface area contributed by atoms with Gasteiger partial charge in [0, 0.05) is 38.6 Å². The number of carbonyl (C=O) groups excluding carboxylic acids is 1. The van der Waals surface area contributed by atoms with Gasteiger partial charge in [0.2, 0.25) is 5.91 Å². The van der Waals surface area contributed by atoms with E-state index < -0.39 is 0 Å². The van der Waals surface area contributed by atoms with E-state index >= 15 is 0 Å². The van der Waals surface area contributed by atoms with E-state index in [1.165, 1.54) is 5.56 Å². The van der Waals surface area contributed by atoms with E-state index in [2.05, 4.69) is 66.6 Å². The third kappa shape index (κ3) is 8.05. The molecule has 6 heteroatoms. The van der Waals surface area contributed by atoms with Crippen LogP contribution in [0.25, 0.3) is 0 Å². The average Bonchev–Trinajstić information content (AvgIpc) is 3.15. The molecular weight excluding hydrogens is 362 g/mol. The lowest BCUT2D eigenvalue weighted by Gasteiger charge is -2.29. The van der Waals surface area contributed by atoms with Gasteiger partial charge in [-0.05, 0) is 44.8 Å². The van der Waals surface area contributed by atoms with E-state index in [1.807, 2.05) is 4.90 Å². The Morgan fingerprint density at radius 1 is 1.17 bits per heavy atom. The lowest BCUT2D eigenvalue weighted by Crippen LogP contribution is -2.42. The molecule has 0 bridgehead atoms. The molecule has 2 rings (SSSR count). The molecule has 1 unspecified atom stereocenters. The van der Waals surface area contributed by atoms with Crippen molar-refractivity contribution in [3.05, 3.63) is 35.9 Å². The van der Waals surface area contributed by atoms with Crippen molar-refractivity contribution >= 4 is 11.9 Å². The minimum Gasteiger partial charge on any atom is -0.357 e. The molecule has 0 spiro atoms. The summed E-state index contributed by atoms with van der Waals surface area (Å²) in [5.74, 6) is 1.17. The van der Waals surface area contributed by atoms with Crippen LogP contribution in [-0.2, 0) is 11.2 Å². The van der Waals surface area contributed by atoms with Crippen molar-refractivity contribution in [2.75, 3.05) is 45.8 Å². The number of rotatable bonds is 12. The van der Waals surface area contributed by atoms with Gasteiger partial charge in [0.25, 0.3) is 0 Å². The number of carbonyl (C=O) groups is 1. The monoisotopic (exact) mass is 401 g/mol. The molecule has 29 heavy (non-hydrogen) atoms. The summed E-state index contributed by atoms with van der Waals surface area (Å²) >= 11 is 0. The fourth-order valence-corrected chi connectivity index (χ4v) is 3.89. The van der Waals surface area contributed by atoms with Crippen LogP contribution in [0.4, 0.5) is 0 Å². The molecule has 1 aromatic carbocycles. The maximum atomic E-state index is 11.7. The summed E-state index contributed by atoms with van der Waals surface area (Å²) in [7, 11) is 0. The molecule has 1 aliphatic rings. The molecule has 1 aliphatic heterocycles. The van der Waals surface area contributed by atoms with Crippen molar-refractivity contribution in [2.24, 2.45) is 4.99 Å². The fraction of sp³-hybridized carbons (Fsp3) is 0.652. The Morgan fingerprint density at radius 2 is 1.93 bits per heavy atom. The maximum Gasteiger partial charge on any atom is 0.222 e. The molecule has 2 N–H and O–H groups in total. The van der Waals surface area contributed by atoms with Gasteiger partial charge in [-0.2, -0.15) is 0 Å². The molecule has 1 heterocycles. The third-order valence-electron chi connectivity index (χ3n) is 5.52. The number of aliphatic imine (C=N–C) groups is 1. The number of likely N-dealkylation sites (N-methyl/N-ethyl adjacent to an activating group) is 1. The van der Waals surface area contributed by atoms with E-state index in [-0.39, 0.29) is 0 Å². The summed E-state index contributed by atoms with van der Waals surface area (Å²) in [6, 6.07) is 11.1. The van der Waals surface area contributed by atoms with Crippen molar-refractivity contribution in [3.63, 3.8) is 0 Å². The second-order valence-corrected chi connectivity index (χ2v) is 7.55. The zero-order valence-corrected chi connectivity index (χ0v) is 18.5. The maximum absolute atomic E-state index is 11.7. The number of guanidine groups is 1. The molecule has 6 nitrogen and oxygen atoms in total. The second kappa shape index (κ2) is 13.2. The molecule has 1 atom stereocenters. The predicted molar refractivity (Wildman–Crippen MR) is 121 cm³/mol. The van der Waals surface area contributed by atoms with Crippen LogP contribution in [0.15, 0.2) is 35.3 Å². The van der Waals surface area contributed by atoms with Crippen molar-refractivity contribution in [1.29, 1.82) is 0 Å². The van der Waals surface area contributed by atoms with E-state index in [1.54, 1.807) is 0 Å². The normalized spacial score (nSPS) is 15.8. The highest BCUT2D eigenvalue weighted by molar-refractivity contribution is 5.79. The molecule has 0 aliphatic carbocycles. The molecule has 1 aromatic rings. The largest absolute Gasteiger partial charge is 0.357 e. The van der Waals surface area contributed by atoms with Crippen LogP contribution in [0.5, 0.6) is 0 Å². The van der Waals surface area contributed by atoms with Crippen LogP contribution in [0.1, 0.15) is 45.6 Å². The molecule has 162 valence electrons. The van der Waals surface area contributed by atoms with Gasteiger partial charge in [-0.3, -0.25) is 14.7 Å². The number of hydrogen-bond donors (Lipinski definition) is 2. The summed E-state index contributed by atoms with van der Waals surface area (Å²) in [6.07, 6.45) is 3.67. The minimum atomic E-state index is 0.300. The first kappa shape index (κ1) is 23.2. The Bertz CT molecular complexity index is 615. The summed E-state index contributed by atoms with van der Waals surface area (Å²) in [4.78, 5) is 21.1. The van der Waals surface area contributed by atoms with Crippen molar-refractivity contribution in [2.45, 2.75) is 52.5 Å². The van der Waals surface area contributed by atoms with Crippen molar-refractivity contribution in [3.8, 4) is 0 Å². The summed E-state index contributed by atoms with van der Waals surface area (Å²) < 4.78 is 0. The number of amides is 1. The molecule has 0 saturated carbocycles. The summed E-state index contributed by atoms with van der Waals surface area (Å²) in [5.41, 5.74) is 1.35. The number of nitrogens with zero attached hydrogens (tertiary/aromatic N) is 3. The highest BCUT2D eigenvalue weighted by Crippen LogP contribution is 2.10. The summed E-state index contributed by atoms with van der Waals surface area (Å²) in [5, 5.41) is 6.79. The molecule has 0 radical (unpaired) electrons. The van der Waals surface area contributed by atoms with Gasteiger partial charge in [-0.1, -0.05) is 44.2 Å². The van der Waals surface area contributed by atoms with Gasteiger partial charge >= 0.3 is 0 Å². The summed E-state index contributed by atoms with van der Waals surface area (Å²) in [6.45, 7) is 12.7. The van der Waals surface area contributed by atoms with Gasteiger partial charge in [-0.25, -0.2) is 0 Å². The van der Waals surface area contributed by atoms with E-state index in [4.69, 9.17) is 4.99 Å². The quantitative estimate of drug-likeness (QED) is 0.321. The lowest BCUT2D eigenvalue weighted by molar-refractivity contribution is -0.127. The Kier molecular flexibility index (Phi) is 10.6. The van der Waals surface area contributed by atoms with Crippen LogP contribution in [0.2, 0.25) is 0 Å². The van der Waals surface area contributed by atoms with Gasteiger partial charge < -0.3 is 15.5 Å². The van der Waals surface area contributed by atoms with Crippen molar-refractivity contribution < 1.29 is 4.79 Å². The minimum absolute atomic E-state index is 0.300. The number of hydrogen-bond acceptors (Lipinski definition) is 3. The van der Waals surface area contributed by atoms with Crippen molar-refractivity contribution in [1.82, 2.24) is 20.4 Å². The topological polar surface area (TPSA) is 60.0 Å². The first-order valence-corrected chi connectivity index (χ1v) is 11.3. The third-order valence-corrected chi connectivity index (χ3v) is 5.52. The van der Waals surface area contributed by atoms with E-state index in [9.17, 15) is 4.79 Å². The first-order valence-electron chi connectivity index (χ1n) is 11.3. The van der Waals surface area contributed by atoms with Gasteiger partial charge in [0.05, 0.1) is 6.54 Å². The highest BCUT2D eigenvalue weighted by atomic mass is 16.2. The zero-order chi connectivity index (χ0) is 20.9. The number of benzene rings is 1. The van der Waals surface area contributed by atoms with E-state index in [0.29, 0.717) is 18.4 Å². The predicted octanol–water partition coefficient (Wildman–Crippen LogP) is 2.51. The van der Waals surface area contributed by atoms with Crippen LogP contribution in [0.3, 0.4) is 0 Å². The molecule has 1 fully saturated rings. The Morgan fingerprint density at radius 3 is 2.55 bits per heavy atom. The van der Waals surface area contributed by atoms with E-state index in [0.717, 1.165) is 71.0 Å². The van der Waals surface area contributed by atoms with Gasteiger partial charge in [0.15, 0.2) is 5.96 Å². The standard InChI is InChI=1S/C23H39N5O/c1-4-24-23(25-15-11-17-28-16-10-14-22(28)29)26-19-21(27(5-2)6-3)18-20-12-8-7-9-13-20/h7-9,12-13,21H,4-6,10-11,14-19H2,1-3H3,(H2,24,25,26). The SMILES string of the molecule is CCNC(=NCC(Cc1ccccc1)N(CC)CC)NCCCN1CCCC1=O. The van der Waals surface area contributed by atoms with Crippen LogP contribution >= 0.6 is 0 Å². The zero-order valence-electron chi connectivity index (χ0n) is 18.5. The smallest absolute Gasteiger partial charge is 0.222 e. The first-order chi connectivity index (χ1) is 14.2. The lowest BCUT2D eigenvalue weighted by atomic mass is 10.0. The molecular formula is C23H39N5O. The average molecular weight is 402 g/mol. The number of likely N-dealkylation sites (tertiary alicyclic amines) is 1. The van der Waals surface area contributed by atoms with Crippen LogP contribution in [0, 0.1) is 0 Å².